The molecule has 0 spiro atoms. The zero-order valence-corrected chi connectivity index (χ0v) is 16.9. The predicted molar refractivity (Wildman–Crippen MR) is 111 cm³/mol. The molecule has 0 aliphatic heterocycles. The van der Waals surface area contributed by atoms with E-state index in [9.17, 15) is 8.68 Å². The molecule has 1 aromatic carbocycles. The lowest BCUT2D eigenvalue weighted by Gasteiger charge is -2.11. The molecule has 0 radical (unpaired) electrons. The number of halogens is 2. The largest absolute Gasteiger partial charge is 0.349 e. The highest BCUT2D eigenvalue weighted by molar-refractivity contribution is 7.92. The van der Waals surface area contributed by atoms with Crippen molar-refractivity contribution >= 4 is 51.9 Å². The van der Waals surface area contributed by atoms with Crippen molar-refractivity contribution in [1.82, 2.24) is 29.0 Å². The van der Waals surface area contributed by atoms with Gasteiger partial charge in [0.1, 0.15) is 5.52 Å². The van der Waals surface area contributed by atoms with E-state index >= 15 is 0 Å². The van der Waals surface area contributed by atoms with E-state index in [1.165, 1.54) is 16.4 Å². The third-order valence-electron chi connectivity index (χ3n) is 5.20. The number of hydrogen-bond donors (Lipinski definition) is 1. The lowest BCUT2D eigenvalue weighted by atomic mass is 10.2. The van der Waals surface area contributed by atoms with Crippen LogP contribution < -0.4 is 5.32 Å². The first-order valence-electron chi connectivity index (χ1n) is 9.17. The Hall–Kier alpha value is -2.65. The Morgan fingerprint density at radius 2 is 2.21 bits per heavy atom. The van der Waals surface area contributed by atoms with Crippen molar-refractivity contribution in [3.8, 4) is 5.82 Å². The molecule has 4 aromatic rings. The van der Waals surface area contributed by atoms with Gasteiger partial charge < -0.3 is 5.32 Å². The molecular formula is C19H16ClFN6OS. The van der Waals surface area contributed by atoms with Crippen molar-refractivity contribution in [2.45, 2.75) is 25.8 Å². The van der Waals surface area contributed by atoms with Gasteiger partial charge in [-0.05, 0) is 43.9 Å². The minimum absolute atomic E-state index is 0.0214. The average molecular weight is 431 g/mol. The first-order valence-corrected chi connectivity index (χ1v) is 10.2. The van der Waals surface area contributed by atoms with Gasteiger partial charge in [-0.15, -0.1) is 3.89 Å². The van der Waals surface area contributed by atoms with E-state index < -0.39 is 0 Å². The first kappa shape index (κ1) is 18.4. The smallest absolute Gasteiger partial charge is 0.255 e. The molecule has 0 unspecified atom stereocenters. The van der Waals surface area contributed by atoms with E-state index in [1.807, 2.05) is 13.0 Å². The number of carbonyl (C=O) groups excluding carboxylic acids is 1. The monoisotopic (exact) mass is 430 g/mol. The fraction of sp³-hybridized carbons (Fsp3) is 0.263. The van der Waals surface area contributed by atoms with Crippen LogP contribution in [0.25, 0.3) is 27.9 Å². The summed E-state index contributed by atoms with van der Waals surface area (Å²) >= 11 is 6.02. The van der Waals surface area contributed by atoms with Crippen LogP contribution in [0, 0.1) is 5.92 Å². The number of fused-ring (bicyclic) bond motifs is 2. The quantitative estimate of drug-likeness (QED) is 0.509. The molecule has 1 aliphatic rings. The summed E-state index contributed by atoms with van der Waals surface area (Å²) in [4.78, 5) is 21.7. The predicted octanol–water partition coefficient (Wildman–Crippen LogP) is 4.33. The molecule has 3 heterocycles. The average Bonchev–Trinajstić information content (AvgIpc) is 3.39. The summed E-state index contributed by atoms with van der Waals surface area (Å²) < 4.78 is 16.2. The van der Waals surface area contributed by atoms with Crippen LogP contribution in [-0.2, 0) is 0 Å². The summed E-state index contributed by atoms with van der Waals surface area (Å²) in [5.41, 5.74) is 1.69. The summed E-state index contributed by atoms with van der Waals surface area (Å²) in [6, 6.07) is 5.47. The molecule has 7 nitrogen and oxygen atoms in total. The third-order valence-corrected chi connectivity index (χ3v) is 5.87. The van der Waals surface area contributed by atoms with Gasteiger partial charge in [-0.2, -0.15) is 5.10 Å². The number of amides is 1. The minimum atomic E-state index is -0.286. The normalized spacial score (nSPS) is 15.1. The van der Waals surface area contributed by atoms with Gasteiger partial charge in [-0.1, -0.05) is 11.6 Å². The molecule has 29 heavy (non-hydrogen) atoms. The van der Waals surface area contributed by atoms with Gasteiger partial charge in [0, 0.05) is 22.6 Å². The number of nitrogens with zero attached hydrogens (tertiary/aromatic N) is 5. The van der Waals surface area contributed by atoms with Crippen molar-refractivity contribution < 1.29 is 8.68 Å². The highest BCUT2D eigenvalue weighted by Crippen LogP contribution is 2.33. The van der Waals surface area contributed by atoms with Crippen molar-refractivity contribution in [3.05, 3.63) is 47.4 Å². The summed E-state index contributed by atoms with van der Waals surface area (Å²) in [5.74, 6) is 0.651. The molecule has 1 saturated carbocycles. The number of benzene rings is 1. The van der Waals surface area contributed by atoms with Crippen molar-refractivity contribution in [2.75, 3.05) is 0 Å². The standard InChI is InChI=1S/C19H16ClFN6OS/c1-10(11-2-3-11)24-19(28)14-9-26(29-21)18-17(14)25-16(8-22-18)27-15-5-4-13(20)6-12(15)7-23-27/h4-11H,2-3H2,1H3,(H,24,28)/t10-/m0/s1. The molecule has 1 fully saturated rings. The van der Waals surface area contributed by atoms with Gasteiger partial charge in [0.25, 0.3) is 5.91 Å². The van der Waals surface area contributed by atoms with Crippen LogP contribution in [-0.4, -0.2) is 35.7 Å². The first-order chi connectivity index (χ1) is 14.0. The van der Waals surface area contributed by atoms with Crippen LogP contribution in [0.1, 0.15) is 30.1 Å². The number of rotatable bonds is 5. The second-order valence-corrected chi connectivity index (χ2v) is 8.16. The van der Waals surface area contributed by atoms with Crippen LogP contribution in [0.3, 0.4) is 0 Å². The Labute approximate surface area is 174 Å². The van der Waals surface area contributed by atoms with E-state index in [0.29, 0.717) is 22.3 Å². The maximum atomic E-state index is 13.4. The number of hydrogen-bond acceptors (Lipinski definition) is 5. The van der Waals surface area contributed by atoms with E-state index in [1.54, 1.807) is 23.0 Å². The molecule has 0 saturated heterocycles. The second-order valence-electron chi connectivity index (χ2n) is 7.20. The highest BCUT2D eigenvalue weighted by atomic mass is 35.5. The zero-order valence-electron chi connectivity index (χ0n) is 15.3. The molecule has 10 heteroatoms. The lowest BCUT2D eigenvalue weighted by molar-refractivity contribution is 0.0937. The van der Waals surface area contributed by atoms with E-state index in [4.69, 9.17) is 11.6 Å². The zero-order chi connectivity index (χ0) is 20.1. The highest BCUT2D eigenvalue weighted by Gasteiger charge is 2.30. The minimum Gasteiger partial charge on any atom is -0.349 e. The van der Waals surface area contributed by atoms with Crippen LogP contribution in [0.2, 0.25) is 5.02 Å². The molecule has 1 N–H and O–H groups in total. The summed E-state index contributed by atoms with van der Waals surface area (Å²) in [6.45, 7) is 1.98. The topological polar surface area (TPSA) is 77.6 Å². The van der Waals surface area contributed by atoms with Crippen molar-refractivity contribution in [3.63, 3.8) is 0 Å². The van der Waals surface area contributed by atoms with E-state index in [2.05, 4.69) is 20.4 Å². The van der Waals surface area contributed by atoms with Crippen molar-refractivity contribution in [2.24, 2.45) is 5.92 Å². The van der Waals surface area contributed by atoms with Gasteiger partial charge in [0.15, 0.2) is 23.8 Å². The Bertz CT molecular complexity index is 1250. The van der Waals surface area contributed by atoms with Crippen LogP contribution in [0.4, 0.5) is 3.89 Å². The van der Waals surface area contributed by atoms with Gasteiger partial charge >= 0.3 is 0 Å². The van der Waals surface area contributed by atoms with Crippen LogP contribution in [0.15, 0.2) is 36.8 Å². The van der Waals surface area contributed by atoms with E-state index in [-0.39, 0.29) is 35.5 Å². The molecular weight excluding hydrogens is 415 g/mol. The third kappa shape index (κ3) is 3.24. The molecule has 5 rings (SSSR count). The van der Waals surface area contributed by atoms with E-state index in [0.717, 1.165) is 23.7 Å². The number of carbonyl (C=O) groups is 1. The molecule has 3 aromatic heterocycles. The second kappa shape index (κ2) is 7.00. The van der Waals surface area contributed by atoms with Gasteiger partial charge in [-0.3, -0.25) is 4.79 Å². The number of nitrogens with one attached hydrogen (secondary N) is 1. The van der Waals surface area contributed by atoms with Crippen LogP contribution in [0.5, 0.6) is 0 Å². The summed E-state index contributed by atoms with van der Waals surface area (Å²) in [6.07, 6.45) is 6.84. The molecule has 0 bridgehead atoms. The van der Waals surface area contributed by atoms with Crippen molar-refractivity contribution in [1.29, 1.82) is 0 Å². The van der Waals surface area contributed by atoms with Gasteiger partial charge in [0.2, 0.25) is 0 Å². The molecule has 1 amide bonds. The summed E-state index contributed by atoms with van der Waals surface area (Å²) in [7, 11) is 0. The fourth-order valence-electron chi connectivity index (χ4n) is 3.46. The number of aromatic nitrogens is 5. The fourth-order valence-corrected chi connectivity index (χ4v) is 3.99. The Balaban J connectivity index is 1.60. The summed E-state index contributed by atoms with van der Waals surface area (Å²) in [5, 5.41) is 8.82. The Kier molecular flexibility index (Phi) is 4.44. The Morgan fingerprint density at radius 3 is 2.97 bits per heavy atom. The van der Waals surface area contributed by atoms with Gasteiger partial charge in [0.05, 0.1) is 23.5 Å². The maximum Gasteiger partial charge on any atom is 0.255 e. The van der Waals surface area contributed by atoms with Crippen LogP contribution >= 0.6 is 23.9 Å². The lowest BCUT2D eigenvalue weighted by Crippen LogP contribution is -2.33. The molecule has 1 atom stereocenters. The van der Waals surface area contributed by atoms with Gasteiger partial charge in [-0.25, -0.2) is 18.6 Å². The SMILES string of the molecule is C[C@H](NC(=O)c1cn(SF)c2ncc(-n3ncc4cc(Cl)ccc43)nc12)C1CC1. The molecule has 148 valence electrons. The molecule has 1 aliphatic carbocycles. The Morgan fingerprint density at radius 1 is 1.38 bits per heavy atom. The maximum absolute atomic E-state index is 13.4.